The Hall–Kier alpha value is -2.57. The molecule has 1 heterocycles. The van der Waals surface area contributed by atoms with Gasteiger partial charge in [-0.15, -0.1) is 0 Å². The minimum Gasteiger partial charge on any atom is -0.390 e. The maximum atomic E-state index is 14.1. The van der Waals surface area contributed by atoms with Gasteiger partial charge in [0.25, 0.3) is 0 Å². The van der Waals surface area contributed by atoms with E-state index >= 15 is 0 Å². The monoisotopic (exact) mass is 436 g/mol. The summed E-state index contributed by atoms with van der Waals surface area (Å²) in [6, 6.07) is 29.4. The SMILES string of the molecule is O[C@H]1[C@H]([C@H](O)C(Cc2ccccc2)(Cc2ccccc2)Cc2ccccc2)OC(F)[C@@H]1O. The van der Waals surface area contributed by atoms with Crippen molar-refractivity contribution in [2.45, 2.75) is 50.0 Å². The summed E-state index contributed by atoms with van der Waals surface area (Å²) >= 11 is 0. The Balaban J connectivity index is 1.78. The number of hydrogen-bond donors (Lipinski definition) is 3. The van der Waals surface area contributed by atoms with Crippen molar-refractivity contribution in [3.05, 3.63) is 108 Å². The minimum atomic E-state index is -2.03. The summed E-state index contributed by atoms with van der Waals surface area (Å²) in [5, 5.41) is 32.1. The van der Waals surface area contributed by atoms with Gasteiger partial charge in [-0.05, 0) is 36.0 Å². The van der Waals surface area contributed by atoms with Crippen LogP contribution in [0, 0.1) is 5.41 Å². The third-order valence-corrected chi connectivity index (χ3v) is 6.38. The molecule has 3 aromatic carbocycles. The van der Waals surface area contributed by atoms with Gasteiger partial charge >= 0.3 is 0 Å². The molecule has 1 saturated heterocycles. The molecule has 1 unspecified atom stereocenters. The molecule has 0 aliphatic carbocycles. The molecule has 5 heteroatoms. The first-order chi connectivity index (χ1) is 15.5. The fourth-order valence-corrected chi connectivity index (χ4v) is 4.78. The lowest BCUT2D eigenvalue weighted by atomic mass is 9.66. The summed E-state index contributed by atoms with van der Waals surface area (Å²) in [6.07, 6.45) is -6.24. The Labute approximate surface area is 187 Å². The summed E-state index contributed by atoms with van der Waals surface area (Å²) in [5.74, 6) is 0. The molecule has 0 saturated carbocycles. The largest absolute Gasteiger partial charge is 0.390 e. The number of halogens is 1. The molecule has 3 aromatic rings. The van der Waals surface area contributed by atoms with Crippen LogP contribution in [-0.4, -0.2) is 46.1 Å². The number of benzene rings is 3. The average Bonchev–Trinajstić information content (AvgIpc) is 3.07. The molecule has 3 N–H and O–H groups in total. The highest BCUT2D eigenvalue weighted by Gasteiger charge is 2.52. The molecule has 0 bridgehead atoms. The van der Waals surface area contributed by atoms with E-state index in [2.05, 4.69) is 0 Å². The van der Waals surface area contributed by atoms with Crippen molar-refractivity contribution in [1.29, 1.82) is 0 Å². The molecule has 1 aliphatic heterocycles. The second-order valence-corrected chi connectivity index (χ2v) is 8.73. The summed E-state index contributed by atoms with van der Waals surface area (Å²) in [6.45, 7) is 0. The van der Waals surface area contributed by atoms with Crippen LogP contribution in [0.1, 0.15) is 16.7 Å². The standard InChI is InChI=1S/C27H29FO4/c28-26-23(30)22(29)24(32-26)25(31)27(16-19-10-4-1-5-11-19,17-20-12-6-2-7-13-20)18-21-14-8-3-9-15-21/h1-15,22-26,29-31H,16-18H2/t22-,23-,24-,25+,26?/m1/s1. The van der Waals surface area contributed by atoms with Crippen LogP contribution in [0.5, 0.6) is 0 Å². The fraction of sp³-hybridized carbons (Fsp3) is 0.333. The van der Waals surface area contributed by atoms with E-state index in [1.807, 2.05) is 91.0 Å². The third-order valence-electron chi connectivity index (χ3n) is 6.38. The number of hydrogen-bond acceptors (Lipinski definition) is 4. The van der Waals surface area contributed by atoms with Gasteiger partial charge < -0.3 is 20.1 Å². The molecule has 0 amide bonds. The van der Waals surface area contributed by atoms with Crippen LogP contribution < -0.4 is 0 Å². The lowest BCUT2D eigenvalue weighted by Gasteiger charge is -2.42. The second-order valence-electron chi connectivity index (χ2n) is 8.73. The van der Waals surface area contributed by atoms with Crippen molar-refractivity contribution in [1.82, 2.24) is 0 Å². The Morgan fingerprint density at radius 2 is 1.06 bits per heavy atom. The smallest absolute Gasteiger partial charge is 0.228 e. The zero-order chi connectivity index (χ0) is 22.6. The van der Waals surface area contributed by atoms with E-state index < -0.39 is 36.2 Å². The van der Waals surface area contributed by atoms with Crippen molar-refractivity contribution in [2.75, 3.05) is 0 Å². The van der Waals surface area contributed by atoms with E-state index in [4.69, 9.17) is 4.74 Å². The molecule has 0 radical (unpaired) electrons. The Morgan fingerprint density at radius 3 is 1.38 bits per heavy atom. The third kappa shape index (κ3) is 4.92. The summed E-state index contributed by atoms with van der Waals surface area (Å²) in [4.78, 5) is 0. The Kier molecular flexibility index (Phi) is 7.01. The van der Waals surface area contributed by atoms with Crippen LogP contribution >= 0.6 is 0 Å². The molecule has 0 spiro atoms. The number of rotatable bonds is 8. The lowest BCUT2D eigenvalue weighted by molar-refractivity contribution is -0.138. The van der Waals surface area contributed by atoms with E-state index in [1.54, 1.807) is 0 Å². The predicted molar refractivity (Wildman–Crippen MR) is 121 cm³/mol. The van der Waals surface area contributed by atoms with Crippen LogP contribution in [-0.2, 0) is 24.0 Å². The van der Waals surface area contributed by atoms with Gasteiger partial charge in [-0.3, -0.25) is 0 Å². The van der Waals surface area contributed by atoms with Crippen LogP contribution in [0.3, 0.4) is 0 Å². The number of aliphatic hydroxyl groups excluding tert-OH is 3. The molecule has 5 atom stereocenters. The van der Waals surface area contributed by atoms with E-state index in [0.29, 0.717) is 19.3 Å². The van der Waals surface area contributed by atoms with Gasteiger partial charge in [-0.25, -0.2) is 4.39 Å². The minimum absolute atomic E-state index is 0.485. The zero-order valence-electron chi connectivity index (χ0n) is 17.8. The van der Waals surface area contributed by atoms with Gasteiger partial charge in [0.05, 0.1) is 6.10 Å². The molecule has 0 aromatic heterocycles. The van der Waals surface area contributed by atoms with Crippen molar-refractivity contribution in [3.63, 3.8) is 0 Å². The Bertz CT molecular complexity index is 865. The van der Waals surface area contributed by atoms with E-state index in [0.717, 1.165) is 16.7 Å². The first kappa shape index (κ1) is 22.6. The first-order valence-electron chi connectivity index (χ1n) is 10.9. The van der Waals surface area contributed by atoms with Gasteiger partial charge in [-0.2, -0.15) is 0 Å². The van der Waals surface area contributed by atoms with Gasteiger partial charge in [0.15, 0.2) is 0 Å². The zero-order valence-corrected chi connectivity index (χ0v) is 17.8. The summed E-state index contributed by atoms with van der Waals surface area (Å²) in [7, 11) is 0. The van der Waals surface area contributed by atoms with Gasteiger partial charge in [0.1, 0.15) is 18.3 Å². The summed E-state index contributed by atoms with van der Waals surface area (Å²) in [5.41, 5.74) is 2.23. The maximum absolute atomic E-state index is 14.1. The van der Waals surface area contributed by atoms with Gasteiger partial charge in [0, 0.05) is 5.41 Å². The van der Waals surface area contributed by atoms with E-state index in [1.165, 1.54) is 0 Å². The van der Waals surface area contributed by atoms with Crippen molar-refractivity contribution < 1.29 is 24.4 Å². The molecular weight excluding hydrogens is 407 g/mol. The summed E-state index contributed by atoms with van der Waals surface area (Å²) < 4.78 is 19.4. The lowest BCUT2D eigenvalue weighted by Crippen LogP contribution is -2.52. The number of ether oxygens (including phenoxy) is 1. The predicted octanol–water partition coefficient (Wildman–Crippen LogP) is 3.48. The van der Waals surface area contributed by atoms with Gasteiger partial charge in [0.2, 0.25) is 6.36 Å². The fourth-order valence-electron chi connectivity index (χ4n) is 4.78. The topological polar surface area (TPSA) is 69.9 Å². The van der Waals surface area contributed by atoms with Crippen molar-refractivity contribution >= 4 is 0 Å². The van der Waals surface area contributed by atoms with Crippen LogP contribution in [0.15, 0.2) is 91.0 Å². The van der Waals surface area contributed by atoms with Crippen molar-refractivity contribution in [2.24, 2.45) is 5.41 Å². The molecular formula is C27H29FO4. The molecule has 1 aliphatic rings. The van der Waals surface area contributed by atoms with Crippen LogP contribution in [0.4, 0.5) is 4.39 Å². The second kappa shape index (κ2) is 9.92. The van der Waals surface area contributed by atoms with Gasteiger partial charge in [-0.1, -0.05) is 91.0 Å². The molecule has 4 nitrogen and oxygen atoms in total. The molecule has 1 fully saturated rings. The quantitative estimate of drug-likeness (QED) is 0.506. The van der Waals surface area contributed by atoms with Crippen molar-refractivity contribution in [3.8, 4) is 0 Å². The van der Waals surface area contributed by atoms with E-state index in [-0.39, 0.29) is 0 Å². The maximum Gasteiger partial charge on any atom is 0.228 e. The highest BCUT2D eigenvalue weighted by molar-refractivity contribution is 5.26. The van der Waals surface area contributed by atoms with Crippen LogP contribution in [0.2, 0.25) is 0 Å². The number of aliphatic hydroxyl groups is 3. The molecule has 32 heavy (non-hydrogen) atoms. The molecule has 4 rings (SSSR count). The van der Waals surface area contributed by atoms with Crippen LogP contribution in [0.25, 0.3) is 0 Å². The normalized spacial score (nSPS) is 24.4. The highest BCUT2D eigenvalue weighted by atomic mass is 19.1. The number of alkyl halides is 1. The van der Waals surface area contributed by atoms with E-state index in [9.17, 15) is 19.7 Å². The Morgan fingerprint density at radius 1 is 0.688 bits per heavy atom. The average molecular weight is 437 g/mol. The first-order valence-corrected chi connectivity index (χ1v) is 10.9. The highest BCUT2D eigenvalue weighted by Crippen LogP contribution is 2.41. The molecule has 168 valence electrons.